The summed E-state index contributed by atoms with van der Waals surface area (Å²) in [6.45, 7) is 13.5. The van der Waals surface area contributed by atoms with Gasteiger partial charge in [0.2, 0.25) is 5.91 Å². The number of hydrogen-bond acceptors (Lipinski definition) is 13. The molecule has 396 valence electrons. The van der Waals surface area contributed by atoms with E-state index in [0.29, 0.717) is 41.2 Å². The van der Waals surface area contributed by atoms with Crippen LogP contribution in [0.25, 0.3) is 17.0 Å². The Hall–Kier alpha value is -7.56. The number of hydrogen-bond donors (Lipinski definition) is 5. The van der Waals surface area contributed by atoms with Crippen LogP contribution in [0.2, 0.25) is 0 Å². The molecule has 0 spiro atoms. The van der Waals surface area contributed by atoms with E-state index in [0.717, 1.165) is 46.0 Å². The molecule has 8 rings (SSSR count). The number of ether oxygens (including phenoxy) is 4. The lowest BCUT2D eigenvalue weighted by Crippen LogP contribution is -2.56. The zero-order valence-electron chi connectivity index (χ0n) is 43.7. The normalized spacial score (nSPS) is 17.8. The topological polar surface area (TPSA) is 221 Å². The Morgan fingerprint density at radius 3 is 2.13 bits per heavy atom. The number of alkyl carbamates (subject to hydrolysis) is 2. The van der Waals surface area contributed by atoms with Crippen LogP contribution in [-0.4, -0.2) is 74.2 Å². The smallest absolute Gasteiger partial charge is 0.408 e. The predicted octanol–water partition coefficient (Wildman–Crippen LogP) is 9.12. The second-order valence-corrected chi connectivity index (χ2v) is 20.0. The van der Waals surface area contributed by atoms with E-state index in [9.17, 15) is 29.4 Å². The van der Waals surface area contributed by atoms with E-state index >= 15 is 0 Å². The average molecular weight is 1020 g/mol. The van der Waals surface area contributed by atoms with Crippen molar-refractivity contribution in [1.82, 2.24) is 25.9 Å². The molecule has 6 aromatic rings. The molecular formula is C59H69N5O11. The van der Waals surface area contributed by atoms with E-state index in [2.05, 4.69) is 32.8 Å². The summed E-state index contributed by atoms with van der Waals surface area (Å²) in [5.41, 5.74) is 4.89. The molecule has 0 unspecified atom stereocenters. The van der Waals surface area contributed by atoms with Crippen LogP contribution in [0.5, 0.6) is 11.5 Å². The number of nitrogens with one attached hydrogen (secondary N) is 3. The van der Waals surface area contributed by atoms with Gasteiger partial charge in [0.15, 0.2) is 5.58 Å². The minimum Gasteiger partial charge on any atom is -0.489 e. The van der Waals surface area contributed by atoms with Gasteiger partial charge < -0.3 is 49.5 Å². The fraction of sp³-hybridized carbons (Fsp3) is 0.390. The number of rotatable bonds is 18. The molecule has 3 amide bonds. The summed E-state index contributed by atoms with van der Waals surface area (Å²) >= 11 is 0. The molecule has 3 aromatic heterocycles. The lowest BCUT2D eigenvalue weighted by Gasteiger charge is -2.37. The van der Waals surface area contributed by atoms with E-state index in [1.807, 2.05) is 120 Å². The Labute approximate surface area is 437 Å². The van der Waals surface area contributed by atoms with Crippen LogP contribution in [0.1, 0.15) is 106 Å². The first-order valence-electron chi connectivity index (χ1n) is 25.6. The molecule has 0 fully saturated rings. The van der Waals surface area contributed by atoms with Crippen LogP contribution in [0.4, 0.5) is 9.59 Å². The molecule has 5 N–H and O–H groups in total. The van der Waals surface area contributed by atoms with Crippen molar-refractivity contribution in [3.05, 3.63) is 171 Å². The number of benzene rings is 3. The second kappa shape index (κ2) is 25.6. The SMILES string of the molecule is CC(C)[C@H](NC(=O)OCc1ccccn1)C(=O)N[C@@H](Cc1ccccc1)[C@@H](O)C[C@H](Cc1ccccc1)NC(=O)OCc1cccnc1.CCCc1cc(=O)oc2c3c(c4c(c12)OC(C)(C)C=C4)O[C@@H](C)[C@H](C)[C@@H]3O. The molecule has 0 bridgehead atoms. The number of carbonyl (C=O) groups excluding carboxylic acids is 3. The van der Waals surface area contributed by atoms with Crippen LogP contribution in [0.3, 0.4) is 0 Å². The zero-order valence-corrected chi connectivity index (χ0v) is 43.7. The average Bonchev–Trinajstić information content (AvgIpc) is 3.39. The third-order valence-electron chi connectivity index (χ3n) is 13.3. The summed E-state index contributed by atoms with van der Waals surface area (Å²) in [6.07, 6.45) is 7.88. The Balaban J connectivity index is 0.000000255. The van der Waals surface area contributed by atoms with Gasteiger partial charge in [0.05, 0.1) is 40.5 Å². The summed E-state index contributed by atoms with van der Waals surface area (Å²) in [5.74, 6) is 0.340. The third kappa shape index (κ3) is 14.8. The summed E-state index contributed by atoms with van der Waals surface area (Å²) in [4.78, 5) is 59.7. The predicted molar refractivity (Wildman–Crippen MR) is 285 cm³/mol. The van der Waals surface area contributed by atoms with E-state index in [4.69, 9.17) is 23.4 Å². The number of aliphatic hydroxyl groups is 2. The Kier molecular flexibility index (Phi) is 18.8. The van der Waals surface area contributed by atoms with Crippen LogP contribution in [-0.2, 0) is 46.7 Å². The van der Waals surface area contributed by atoms with E-state index < -0.39 is 59.7 Å². The third-order valence-corrected chi connectivity index (χ3v) is 13.3. The Morgan fingerprint density at radius 2 is 1.48 bits per heavy atom. The van der Waals surface area contributed by atoms with Crippen molar-refractivity contribution >= 4 is 35.1 Å². The second-order valence-electron chi connectivity index (χ2n) is 20.0. The first kappa shape index (κ1) is 55.2. The summed E-state index contributed by atoms with van der Waals surface area (Å²) < 4.78 is 28.9. The molecule has 16 nitrogen and oxygen atoms in total. The molecule has 2 aliphatic heterocycles. The van der Waals surface area contributed by atoms with Crippen LogP contribution >= 0.6 is 0 Å². The first-order valence-corrected chi connectivity index (χ1v) is 25.6. The van der Waals surface area contributed by atoms with Gasteiger partial charge in [0, 0.05) is 42.2 Å². The number of nitrogens with zero attached hydrogens (tertiary/aromatic N) is 2. The van der Waals surface area contributed by atoms with Gasteiger partial charge in [-0.05, 0) is 99.4 Å². The molecule has 2 aliphatic rings. The molecule has 7 atom stereocenters. The van der Waals surface area contributed by atoms with Gasteiger partial charge in [0.1, 0.15) is 42.5 Å². The molecule has 0 saturated carbocycles. The van der Waals surface area contributed by atoms with Gasteiger partial charge in [0.25, 0.3) is 0 Å². The zero-order chi connectivity index (χ0) is 53.6. The Bertz CT molecular complexity index is 2940. The molecule has 16 heteroatoms. The monoisotopic (exact) mass is 1020 g/mol. The molecule has 0 saturated heterocycles. The van der Waals surface area contributed by atoms with Gasteiger partial charge in [-0.15, -0.1) is 0 Å². The molecule has 75 heavy (non-hydrogen) atoms. The lowest BCUT2D eigenvalue weighted by molar-refractivity contribution is -0.125. The van der Waals surface area contributed by atoms with Crippen LogP contribution in [0, 0.1) is 11.8 Å². The number of aromatic nitrogens is 2. The van der Waals surface area contributed by atoms with E-state index in [1.54, 1.807) is 42.9 Å². The van der Waals surface area contributed by atoms with Crippen molar-refractivity contribution in [1.29, 1.82) is 0 Å². The lowest BCUT2D eigenvalue weighted by atomic mass is 9.85. The van der Waals surface area contributed by atoms with Gasteiger partial charge in [-0.1, -0.05) is 107 Å². The van der Waals surface area contributed by atoms with Gasteiger partial charge in [-0.2, -0.15) is 0 Å². The highest BCUT2D eigenvalue weighted by Gasteiger charge is 2.40. The van der Waals surface area contributed by atoms with Gasteiger partial charge >= 0.3 is 17.8 Å². The highest BCUT2D eigenvalue weighted by Crippen LogP contribution is 2.52. The summed E-state index contributed by atoms with van der Waals surface area (Å²) in [6, 6.07) is 27.2. The molecule has 5 heterocycles. The first-order chi connectivity index (χ1) is 36.0. The highest BCUT2D eigenvalue weighted by atomic mass is 16.6. The number of fused-ring (bicyclic) bond motifs is 6. The largest absolute Gasteiger partial charge is 0.489 e. The number of aryl methyl sites for hydroxylation is 1. The summed E-state index contributed by atoms with van der Waals surface area (Å²) in [7, 11) is 0. The van der Waals surface area contributed by atoms with Crippen LogP contribution in [0.15, 0.2) is 131 Å². The molecule has 0 radical (unpaired) electrons. The Morgan fingerprint density at radius 1 is 0.813 bits per heavy atom. The van der Waals surface area contributed by atoms with Gasteiger partial charge in [-0.25, -0.2) is 14.4 Å². The van der Waals surface area contributed by atoms with Crippen LogP contribution < -0.4 is 31.0 Å². The fourth-order valence-electron chi connectivity index (χ4n) is 9.12. The maximum atomic E-state index is 13.7. The summed E-state index contributed by atoms with van der Waals surface area (Å²) in [5, 5.41) is 32.0. The quantitative estimate of drug-likeness (QED) is 0.0508. The van der Waals surface area contributed by atoms with Crippen molar-refractivity contribution in [2.45, 2.75) is 136 Å². The number of carbonyl (C=O) groups is 3. The van der Waals surface area contributed by atoms with Crippen molar-refractivity contribution in [3.8, 4) is 11.5 Å². The van der Waals surface area contributed by atoms with E-state index in [1.165, 1.54) is 6.07 Å². The fourth-order valence-corrected chi connectivity index (χ4v) is 9.12. The van der Waals surface area contributed by atoms with Crippen molar-refractivity contribution in [2.75, 3.05) is 0 Å². The van der Waals surface area contributed by atoms with Crippen molar-refractivity contribution in [2.24, 2.45) is 11.8 Å². The number of pyridine rings is 2. The number of aliphatic hydroxyl groups excluding tert-OH is 2. The van der Waals surface area contributed by atoms with Gasteiger partial charge in [-0.3, -0.25) is 14.8 Å². The molecular weight excluding hydrogens is 955 g/mol. The highest BCUT2D eigenvalue weighted by molar-refractivity contribution is 5.97. The molecule has 3 aromatic carbocycles. The maximum absolute atomic E-state index is 13.7. The van der Waals surface area contributed by atoms with Crippen molar-refractivity contribution in [3.63, 3.8) is 0 Å². The number of amides is 3. The van der Waals surface area contributed by atoms with E-state index in [-0.39, 0.29) is 37.6 Å². The standard InChI is InChI=1S/C37H43N5O6.C22H26O5/c1-26(2)34(42-37(46)48-25-30-17-9-10-19-39-30)35(44)41-32(21-28-14-7-4-8-15-28)33(43)22-31(20-27-12-5-3-6-13-27)40-36(45)47-24-29-16-11-18-38-23-29;1-6-7-13-10-15(23)26-21-16(13)20-14(8-9-22(4,5)27-20)19-17(21)18(24)11(2)12(3)25-19/h3-19,23,26,31-34,43H,20-22,24-25H2,1-2H3,(H,40,45)(H,41,44)(H,42,46);8-12,18,24H,6-7H2,1-5H3/t31-,32-,33-,34-;11-,12-,18-/m00/s1. The maximum Gasteiger partial charge on any atom is 0.408 e. The minimum absolute atomic E-state index is 0.0425. The molecule has 0 aliphatic carbocycles. The minimum atomic E-state index is -1.08. The van der Waals surface area contributed by atoms with Crippen molar-refractivity contribution < 1.29 is 48.0 Å².